The van der Waals surface area contributed by atoms with Crippen molar-refractivity contribution in [3.05, 3.63) is 53.1 Å². The molecule has 0 bridgehead atoms. The third-order valence-corrected chi connectivity index (χ3v) is 4.85. The summed E-state index contributed by atoms with van der Waals surface area (Å²) < 4.78 is 5.68. The number of ether oxygens (including phenoxy) is 1. The van der Waals surface area contributed by atoms with E-state index in [0.717, 1.165) is 33.7 Å². The van der Waals surface area contributed by atoms with E-state index in [1.807, 2.05) is 30.3 Å². The molecule has 0 spiro atoms. The van der Waals surface area contributed by atoms with Crippen molar-refractivity contribution in [1.29, 1.82) is 0 Å². The minimum Gasteiger partial charge on any atom is -0.493 e. The Kier molecular flexibility index (Phi) is 3.58. The lowest BCUT2D eigenvalue weighted by atomic mass is 10.0. The van der Waals surface area contributed by atoms with Crippen molar-refractivity contribution in [2.45, 2.75) is 10.8 Å². The topological polar surface area (TPSA) is 35.2 Å². The van der Waals surface area contributed by atoms with Gasteiger partial charge in [-0.05, 0) is 24.3 Å². The molecule has 19 heavy (non-hydrogen) atoms. The first kappa shape index (κ1) is 12.7. The van der Waals surface area contributed by atoms with Crippen LogP contribution in [0, 0.1) is 0 Å². The molecule has 4 heteroatoms. The van der Waals surface area contributed by atoms with Crippen molar-refractivity contribution in [2.24, 2.45) is 0 Å². The second-order valence-corrected chi connectivity index (χ2v) is 6.02. The van der Waals surface area contributed by atoms with Crippen LogP contribution in [0.1, 0.15) is 11.5 Å². The number of nitrogen functional groups attached to an aromatic ring is 1. The van der Waals surface area contributed by atoms with Gasteiger partial charge in [0.15, 0.2) is 0 Å². The van der Waals surface area contributed by atoms with E-state index in [1.54, 1.807) is 11.8 Å². The van der Waals surface area contributed by atoms with Crippen molar-refractivity contribution in [1.82, 2.24) is 0 Å². The van der Waals surface area contributed by atoms with Gasteiger partial charge in [-0.1, -0.05) is 29.8 Å². The van der Waals surface area contributed by atoms with E-state index in [0.29, 0.717) is 5.92 Å². The lowest BCUT2D eigenvalue weighted by Gasteiger charge is -2.10. The van der Waals surface area contributed by atoms with Gasteiger partial charge < -0.3 is 10.5 Å². The van der Waals surface area contributed by atoms with Gasteiger partial charge in [-0.3, -0.25) is 0 Å². The number of para-hydroxylation sites is 1. The van der Waals surface area contributed by atoms with Gasteiger partial charge in [0.25, 0.3) is 0 Å². The number of hydrogen-bond acceptors (Lipinski definition) is 3. The third kappa shape index (κ3) is 2.67. The molecule has 3 rings (SSSR count). The number of hydrogen-bond donors (Lipinski definition) is 1. The smallest absolute Gasteiger partial charge is 0.122 e. The molecule has 0 saturated carbocycles. The van der Waals surface area contributed by atoms with Crippen LogP contribution < -0.4 is 10.5 Å². The van der Waals surface area contributed by atoms with Crippen LogP contribution in [-0.2, 0) is 0 Å². The van der Waals surface area contributed by atoms with Crippen LogP contribution in [0.3, 0.4) is 0 Å². The first-order valence-corrected chi connectivity index (χ1v) is 7.50. The van der Waals surface area contributed by atoms with E-state index in [2.05, 4.69) is 12.1 Å². The van der Waals surface area contributed by atoms with E-state index < -0.39 is 0 Å². The second-order valence-electron chi connectivity index (χ2n) is 4.55. The monoisotopic (exact) mass is 291 g/mol. The minimum absolute atomic E-state index is 0.415. The summed E-state index contributed by atoms with van der Waals surface area (Å²) in [7, 11) is 0. The summed E-state index contributed by atoms with van der Waals surface area (Å²) in [6.45, 7) is 0.742. The van der Waals surface area contributed by atoms with Crippen LogP contribution in [-0.4, -0.2) is 12.4 Å². The third-order valence-electron chi connectivity index (χ3n) is 3.19. The van der Waals surface area contributed by atoms with E-state index in [-0.39, 0.29) is 0 Å². The van der Waals surface area contributed by atoms with Crippen molar-refractivity contribution >= 4 is 29.1 Å². The average Bonchev–Trinajstić information content (AvgIpc) is 2.83. The van der Waals surface area contributed by atoms with E-state index in [1.165, 1.54) is 5.56 Å². The number of halogens is 1. The number of nitrogens with two attached hydrogens (primary N) is 1. The first-order chi connectivity index (χ1) is 9.24. The zero-order chi connectivity index (χ0) is 13.2. The quantitative estimate of drug-likeness (QED) is 0.680. The van der Waals surface area contributed by atoms with E-state index in [9.17, 15) is 0 Å². The Bertz CT molecular complexity index is 602. The number of anilines is 1. The molecule has 1 aliphatic rings. The zero-order valence-electron chi connectivity index (χ0n) is 10.3. The van der Waals surface area contributed by atoms with Crippen molar-refractivity contribution in [3.63, 3.8) is 0 Å². The average molecular weight is 292 g/mol. The summed E-state index contributed by atoms with van der Waals surface area (Å²) in [5, 5.41) is 0.756. The van der Waals surface area contributed by atoms with Gasteiger partial charge in [-0.2, -0.15) is 0 Å². The molecule has 1 atom stereocenters. The van der Waals surface area contributed by atoms with Gasteiger partial charge in [-0.15, -0.1) is 11.8 Å². The van der Waals surface area contributed by atoms with Gasteiger partial charge in [0, 0.05) is 27.8 Å². The standard InChI is InChI=1S/C15H14ClNOS/c16-13-6-5-11(17)7-15(13)19-9-10-8-18-14-4-2-1-3-12(10)14/h1-7,10H,8-9,17H2. The molecule has 1 aliphatic heterocycles. The molecule has 0 aromatic heterocycles. The van der Waals surface area contributed by atoms with Crippen LogP contribution in [0.15, 0.2) is 47.4 Å². The summed E-state index contributed by atoms with van der Waals surface area (Å²) in [4.78, 5) is 1.03. The highest BCUT2D eigenvalue weighted by Gasteiger charge is 2.23. The summed E-state index contributed by atoms with van der Waals surface area (Å²) in [5.74, 6) is 2.37. The molecule has 1 unspecified atom stereocenters. The number of rotatable bonds is 3. The maximum atomic E-state index is 6.17. The maximum Gasteiger partial charge on any atom is 0.122 e. The number of fused-ring (bicyclic) bond motifs is 1. The molecule has 0 fully saturated rings. The Morgan fingerprint density at radius 3 is 3.00 bits per heavy atom. The molecule has 2 nitrogen and oxygen atoms in total. The maximum absolute atomic E-state index is 6.17. The predicted octanol–water partition coefficient (Wildman–Crippen LogP) is 4.19. The summed E-state index contributed by atoms with van der Waals surface area (Å²) in [6.07, 6.45) is 0. The molecule has 0 aliphatic carbocycles. The molecule has 1 heterocycles. The summed E-state index contributed by atoms with van der Waals surface area (Å²) in [5.41, 5.74) is 7.82. The Morgan fingerprint density at radius 2 is 2.11 bits per heavy atom. The fourth-order valence-corrected chi connectivity index (χ4v) is 3.55. The van der Waals surface area contributed by atoms with Crippen LogP contribution in [0.4, 0.5) is 5.69 Å². The normalized spacial score (nSPS) is 17.0. The largest absolute Gasteiger partial charge is 0.493 e. The van der Waals surface area contributed by atoms with Gasteiger partial charge in [-0.25, -0.2) is 0 Å². The lowest BCUT2D eigenvalue weighted by Crippen LogP contribution is -2.03. The fourth-order valence-electron chi connectivity index (χ4n) is 2.19. The van der Waals surface area contributed by atoms with Gasteiger partial charge in [0.05, 0.1) is 11.6 Å². The molecule has 0 amide bonds. The summed E-state index contributed by atoms with van der Waals surface area (Å²) in [6, 6.07) is 13.8. The van der Waals surface area contributed by atoms with E-state index in [4.69, 9.17) is 22.1 Å². The molecule has 2 N–H and O–H groups in total. The highest BCUT2D eigenvalue weighted by atomic mass is 35.5. The molecule has 2 aromatic carbocycles. The SMILES string of the molecule is Nc1ccc(Cl)c(SCC2COc3ccccc32)c1. The zero-order valence-corrected chi connectivity index (χ0v) is 11.9. The Morgan fingerprint density at radius 1 is 1.26 bits per heavy atom. The summed E-state index contributed by atoms with van der Waals surface area (Å²) >= 11 is 7.90. The van der Waals surface area contributed by atoms with Gasteiger partial charge in [0.1, 0.15) is 5.75 Å². The number of thioether (sulfide) groups is 1. The van der Waals surface area contributed by atoms with Crippen LogP contribution >= 0.6 is 23.4 Å². The lowest BCUT2D eigenvalue weighted by molar-refractivity contribution is 0.339. The van der Waals surface area contributed by atoms with Crippen LogP contribution in [0.5, 0.6) is 5.75 Å². The molecule has 0 radical (unpaired) electrons. The van der Waals surface area contributed by atoms with Crippen molar-refractivity contribution in [3.8, 4) is 5.75 Å². The molecule has 0 saturated heterocycles. The van der Waals surface area contributed by atoms with Crippen molar-refractivity contribution < 1.29 is 4.74 Å². The predicted molar refractivity (Wildman–Crippen MR) is 81.3 cm³/mol. The van der Waals surface area contributed by atoms with Crippen LogP contribution in [0.2, 0.25) is 5.02 Å². The molecule has 2 aromatic rings. The van der Waals surface area contributed by atoms with Crippen LogP contribution in [0.25, 0.3) is 0 Å². The second kappa shape index (κ2) is 5.35. The number of benzene rings is 2. The molecule has 98 valence electrons. The highest BCUT2D eigenvalue weighted by Crippen LogP contribution is 2.38. The van der Waals surface area contributed by atoms with E-state index >= 15 is 0 Å². The van der Waals surface area contributed by atoms with Crippen molar-refractivity contribution in [2.75, 3.05) is 18.1 Å². The Balaban J connectivity index is 1.72. The molecular formula is C15H14ClNOS. The fraction of sp³-hybridized carbons (Fsp3) is 0.200. The Labute approximate surface area is 121 Å². The van der Waals surface area contributed by atoms with Gasteiger partial charge in [0.2, 0.25) is 0 Å². The minimum atomic E-state index is 0.415. The Hall–Kier alpha value is -1.32. The molecular weight excluding hydrogens is 278 g/mol. The highest BCUT2D eigenvalue weighted by molar-refractivity contribution is 7.99. The first-order valence-electron chi connectivity index (χ1n) is 6.13. The van der Waals surface area contributed by atoms with Gasteiger partial charge >= 0.3 is 0 Å².